The Morgan fingerprint density at radius 1 is 0.692 bits per heavy atom. The van der Waals surface area contributed by atoms with Crippen molar-refractivity contribution in [1.82, 2.24) is 9.80 Å². The van der Waals surface area contributed by atoms with E-state index in [0.29, 0.717) is 22.6 Å². The quantitative estimate of drug-likeness (QED) is 0.681. The average molecular weight is 383 g/mol. The third-order valence-corrected chi connectivity index (χ3v) is 8.94. The molecular formula is C20H34N2O3S. The van der Waals surface area contributed by atoms with Crippen molar-refractivity contribution in [1.29, 1.82) is 0 Å². The number of fused-ring (bicyclic) bond motifs is 2. The fourth-order valence-corrected chi connectivity index (χ4v) is 7.70. The molecular weight excluding hydrogens is 348 g/mol. The minimum absolute atomic E-state index is 0.341. The van der Waals surface area contributed by atoms with Gasteiger partial charge in [0, 0.05) is 49.1 Å². The van der Waals surface area contributed by atoms with Crippen LogP contribution in [0, 0.1) is 0 Å². The summed E-state index contributed by atoms with van der Waals surface area (Å²) in [5.74, 6) is 0. The average Bonchev–Trinajstić information content (AvgIpc) is 3.04. The van der Waals surface area contributed by atoms with Gasteiger partial charge in [-0.2, -0.15) is 0 Å². The summed E-state index contributed by atoms with van der Waals surface area (Å²) in [5, 5.41) is 0.682. The van der Waals surface area contributed by atoms with Crippen LogP contribution in [-0.4, -0.2) is 89.2 Å². The van der Waals surface area contributed by atoms with E-state index in [2.05, 4.69) is 22.0 Å². The fraction of sp³-hybridized carbons (Fsp3) is 0.900. The van der Waals surface area contributed by atoms with E-state index in [1.807, 2.05) is 0 Å². The van der Waals surface area contributed by atoms with Gasteiger partial charge in [0.25, 0.3) is 0 Å². The van der Waals surface area contributed by atoms with Crippen LogP contribution < -0.4 is 0 Å². The zero-order valence-corrected chi connectivity index (χ0v) is 16.7. The lowest BCUT2D eigenvalue weighted by atomic mass is 9.96. The molecule has 2 bridgehead atoms. The molecule has 5 atom stereocenters. The smallest absolute Gasteiger partial charge is 0.0594 e. The molecule has 0 aromatic carbocycles. The molecule has 3 fully saturated rings. The van der Waals surface area contributed by atoms with Gasteiger partial charge >= 0.3 is 0 Å². The van der Waals surface area contributed by atoms with E-state index in [-0.39, 0.29) is 0 Å². The van der Waals surface area contributed by atoms with Crippen molar-refractivity contribution in [3.63, 3.8) is 0 Å². The highest BCUT2D eigenvalue weighted by molar-refractivity contribution is 7.86. The minimum Gasteiger partial charge on any atom is -0.379 e. The first-order valence-corrected chi connectivity index (χ1v) is 11.8. The Bertz CT molecular complexity index is 461. The molecule has 0 amide bonds. The topological polar surface area (TPSA) is 42.0 Å². The Kier molecular flexibility index (Phi) is 6.81. The van der Waals surface area contributed by atoms with Crippen molar-refractivity contribution >= 4 is 10.8 Å². The van der Waals surface area contributed by atoms with E-state index in [0.717, 1.165) is 91.1 Å². The Balaban J connectivity index is 1.53. The number of allylic oxidation sites excluding steroid dienone is 2. The third kappa shape index (κ3) is 4.25. The predicted molar refractivity (Wildman–Crippen MR) is 105 cm³/mol. The van der Waals surface area contributed by atoms with E-state index >= 15 is 0 Å². The molecule has 3 unspecified atom stereocenters. The summed E-state index contributed by atoms with van der Waals surface area (Å²) in [4.78, 5) is 5.15. The Morgan fingerprint density at radius 2 is 1.12 bits per heavy atom. The number of hydrogen-bond donors (Lipinski definition) is 0. The standard InChI is InChI=1S/C20H34N2O3S/c23-26-19-7-8-20(26)18(22-11-15-25-16-12-22)6-4-2-1-3-5-17(19)21-9-13-24-14-10-21/h1-2,17-20H,3-16H2/b2-1-/t17?,18?,19-,20+,26?. The largest absolute Gasteiger partial charge is 0.379 e. The van der Waals surface area contributed by atoms with Crippen LogP contribution in [0.1, 0.15) is 38.5 Å². The van der Waals surface area contributed by atoms with Gasteiger partial charge in [-0.3, -0.25) is 14.0 Å². The van der Waals surface area contributed by atoms with Crippen LogP contribution in [0.4, 0.5) is 0 Å². The number of nitrogens with zero attached hydrogens (tertiary/aromatic N) is 2. The van der Waals surface area contributed by atoms with E-state index in [9.17, 15) is 4.21 Å². The first-order chi connectivity index (χ1) is 12.8. The van der Waals surface area contributed by atoms with E-state index in [1.165, 1.54) is 0 Å². The molecule has 0 aromatic heterocycles. The SMILES string of the molecule is O=S1[C@@H]2CC[C@H]1C(N1CCOCC1)CC/C=C\CCC2N1CCOCC1. The monoisotopic (exact) mass is 382 g/mol. The van der Waals surface area contributed by atoms with E-state index < -0.39 is 10.8 Å². The first kappa shape index (κ1) is 19.1. The van der Waals surface area contributed by atoms with Gasteiger partial charge in [0.05, 0.1) is 36.9 Å². The number of ether oxygens (including phenoxy) is 2. The summed E-state index contributed by atoms with van der Waals surface area (Å²) in [7, 11) is -0.730. The Morgan fingerprint density at radius 3 is 1.54 bits per heavy atom. The number of rotatable bonds is 2. The van der Waals surface area contributed by atoms with Gasteiger partial charge in [0.15, 0.2) is 0 Å². The molecule has 26 heavy (non-hydrogen) atoms. The van der Waals surface area contributed by atoms with Crippen LogP contribution in [0.3, 0.4) is 0 Å². The molecule has 4 rings (SSSR count). The maximum absolute atomic E-state index is 13.6. The van der Waals surface area contributed by atoms with Crippen LogP contribution in [0.25, 0.3) is 0 Å². The fourth-order valence-electron chi connectivity index (χ4n) is 5.27. The lowest BCUT2D eigenvalue weighted by Crippen LogP contribution is -2.52. The highest BCUT2D eigenvalue weighted by atomic mass is 32.2. The molecule has 6 heteroatoms. The summed E-state index contributed by atoms with van der Waals surface area (Å²) in [6.07, 6.45) is 11.5. The second kappa shape index (κ2) is 9.28. The van der Waals surface area contributed by atoms with Crippen molar-refractivity contribution in [2.45, 2.75) is 61.1 Å². The minimum atomic E-state index is -0.730. The molecule has 4 aliphatic rings. The molecule has 0 N–H and O–H groups in total. The summed E-state index contributed by atoms with van der Waals surface area (Å²) >= 11 is 0. The van der Waals surface area contributed by atoms with Gasteiger partial charge in [0.1, 0.15) is 0 Å². The van der Waals surface area contributed by atoms with Gasteiger partial charge in [-0.25, -0.2) is 0 Å². The molecule has 3 saturated heterocycles. The maximum Gasteiger partial charge on any atom is 0.0594 e. The number of morpholine rings is 2. The van der Waals surface area contributed by atoms with Crippen molar-refractivity contribution < 1.29 is 13.7 Å². The van der Waals surface area contributed by atoms with Crippen molar-refractivity contribution in [2.24, 2.45) is 0 Å². The highest BCUT2D eigenvalue weighted by Gasteiger charge is 2.44. The normalized spacial score (nSPS) is 42.2. The Labute approximate surface area is 160 Å². The predicted octanol–water partition coefficient (Wildman–Crippen LogP) is 1.80. The molecule has 4 heterocycles. The van der Waals surface area contributed by atoms with Crippen LogP contribution in [0.15, 0.2) is 12.2 Å². The molecule has 0 aliphatic carbocycles. The molecule has 0 aromatic rings. The zero-order chi connectivity index (χ0) is 17.8. The van der Waals surface area contributed by atoms with Crippen LogP contribution >= 0.6 is 0 Å². The molecule has 0 saturated carbocycles. The van der Waals surface area contributed by atoms with Gasteiger partial charge in [-0.05, 0) is 38.5 Å². The molecule has 0 radical (unpaired) electrons. The lowest BCUT2D eigenvalue weighted by molar-refractivity contribution is 0.0133. The molecule has 148 valence electrons. The number of hydrogen-bond acceptors (Lipinski definition) is 5. The third-order valence-electron chi connectivity index (χ3n) is 6.65. The van der Waals surface area contributed by atoms with Crippen molar-refractivity contribution in [3.8, 4) is 0 Å². The van der Waals surface area contributed by atoms with E-state index in [4.69, 9.17) is 9.47 Å². The van der Waals surface area contributed by atoms with Crippen molar-refractivity contribution in [2.75, 3.05) is 52.6 Å². The summed E-state index contributed by atoms with van der Waals surface area (Å²) in [6, 6.07) is 0.913. The second-order valence-corrected chi connectivity index (χ2v) is 9.91. The van der Waals surface area contributed by atoms with Gasteiger partial charge in [-0.15, -0.1) is 0 Å². The van der Waals surface area contributed by atoms with Crippen LogP contribution in [0.5, 0.6) is 0 Å². The summed E-state index contributed by atoms with van der Waals surface area (Å²) in [6.45, 7) is 7.30. The van der Waals surface area contributed by atoms with Gasteiger partial charge in [0.2, 0.25) is 0 Å². The van der Waals surface area contributed by atoms with Crippen LogP contribution in [0.2, 0.25) is 0 Å². The first-order valence-electron chi connectivity index (χ1n) is 10.5. The molecule has 4 aliphatic heterocycles. The summed E-state index contributed by atoms with van der Waals surface area (Å²) < 4.78 is 24.7. The van der Waals surface area contributed by atoms with Gasteiger partial charge < -0.3 is 9.47 Å². The van der Waals surface area contributed by atoms with E-state index in [1.54, 1.807) is 0 Å². The Hall–Kier alpha value is -0.270. The second-order valence-electron chi connectivity index (χ2n) is 8.04. The van der Waals surface area contributed by atoms with Gasteiger partial charge in [-0.1, -0.05) is 12.2 Å². The zero-order valence-electron chi connectivity index (χ0n) is 15.9. The molecule has 0 spiro atoms. The maximum atomic E-state index is 13.6. The molecule has 5 nitrogen and oxygen atoms in total. The highest BCUT2D eigenvalue weighted by Crippen LogP contribution is 2.35. The summed E-state index contributed by atoms with van der Waals surface area (Å²) in [5.41, 5.74) is 0. The lowest BCUT2D eigenvalue weighted by Gasteiger charge is -2.39. The van der Waals surface area contributed by atoms with Crippen molar-refractivity contribution in [3.05, 3.63) is 12.2 Å². The van der Waals surface area contributed by atoms with Crippen LogP contribution in [-0.2, 0) is 20.3 Å².